The van der Waals surface area contributed by atoms with E-state index in [1.807, 2.05) is 0 Å². The molecule has 1 aliphatic heterocycles. The molecule has 1 fully saturated rings. The molecule has 6 nitrogen and oxygen atoms in total. The van der Waals surface area contributed by atoms with Gasteiger partial charge in [0.05, 0.1) is 7.11 Å². The number of carbonyl (C=O) groups excluding carboxylic acids is 2. The molecule has 0 N–H and O–H groups in total. The molecule has 1 heterocycles. The molecule has 0 aliphatic carbocycles. The molecule has 1 saturated heterocycles. The molecule has 0 aromatic carbocycles. The lowest BCUT2D eigenvalue weighted by Gasteiger charge is -2.51. The van der Waals surface area contributed by atoms with Gasteiger partial charge in [0.2, 0.25) is 0 Å². The van der Waals surface area contributed by atoms with Crippen LogP contribution in [0.4, 0.5) is 4.79 Å². The molecule has 1 unspecified atom stereocenters. The Hall–Kier alpha value is -1.56. The summed E-state index contributed by atoms with van der Waals surface area (Å²) < 4.78 is 5.35. The number of likely N-dealkylation sites (tertiary alicyclic amines) is 1. The highest BCUT2D eigenvalue weighted by molar-refractivity contribution is 5.91. The van der Waals surface area contributed by atoms with Crippen molar-refractivity contribution < 1.29 is 19.2 Å². The molecular formula is C14H24N2O4. The van der Waals surface area contributed by atoms with Gasteiger partial charge in [-0.3, -0.25) is 14.5 Å². The van der Waals surface area contributed by atoms with Crippen LogP contribution in [0.3, 0.4) is 0 Å². The van der Waals surface area contributed by atoms with Gasteiger partial charge in [0.1, 0.15) is 11.1 Å². The van der Waals surface area contributed by atoms with Crippen LogP contribution in [0.2, 0.25) is 0 Å². The van der Waals surface area contributed by atoms with Crippen LogP contribution >= 0.6 is 0 Å². The van der Waals surface area contributed by atoms with Gasteiger partial charge in [-0.15, -0.1) is 6.58 Å². The van der Waals surface area contributed by atoms with Crippen molar-refractivity contribution in [2.45, 2.75) is 44.8 Å². The van der Waals surface area contributed by atoms with E-state index in [9.17, 15) is 9.59 Å². The Labute approximate surface area is 120 Å². The van der Waals surface area contributed by atoms with Gasteiger partial charge in [-0.05, 0) is 33.6 Å². The molecule has 0 radical (unpaired) electrons. The minimum absolute atomic E-state index is 0.267. The second-order valence-electron chi connectivity index (χ2n) is 5.89. The molecule has 0 bridgehead atoms. The van der Waals surface area contributed by atoms with Gasteiger partial charge in [-0.1, -0.05) is 6.08 Å². The van der Waals surface area contributed by atoms with Crippen molar-refractivity contribution in [3.05, 3.63) is 12.7 Å². The number of likely N-dealkylation sites (N-methyl/N-ethyl adjacent to an activating group) is 1. The largest absolute Gasteiger partial charge is 0.444 e. The van der Waals surface area contributed by atoms with Crippen LogP contribution in [0.5, 0.6) is 0 Å². The van der Waals surface area contributed by atoms with Crippen molar-refractivity contribution in [3.8, 4) is 0 Å². The van der Waals surface area contributed by atoms with Gasteiger partial charge in [0.15, 0.2) is 0 Å². The molecule has 1 rings (SSSR count). The van der Waals surface area contributed by atoms with Gasteiger partial charge in [0, 0.05) is 13.6 Å². The van der Waals surface area contributed by atoms with Gasteiger partial charge in [-0.25, -0.2) is 9.86 Å². The maximum absolute atomic E-state index is 12.5. The Morgan fingerprint density at radius 3 is 2.40 bits per heavy atom. The Balaban J connectivity index is 2.94. The van der Waals surface area contributed by atoms with E-state index in [1.165, 1.54) is 19.1 Å². The lowest BCUT2D eigenvalue weighted by atomic mass is 9.81. The Kier molecular flexibility index (Phi) is 4.81. The smallest absolute Gasteiger partial charge is 0.411 e. The van der Waals surface area contributed by atoms with Crippen molar-refractivity contribution in [3.63, 3.8) is 0 Å². The van der Waals surface area contributed by atoms with E-state index in [0.717, 1.165) is 5.06 Å². The number of amides is 2. The highest BCUT2D eigenvalue weighted by Crippen LogP contribution is 2.37. The van der Waals surface area contributed by atoms with Crippen LogP contribution in [0, 0.1) is 0 Å². The second kappa shape index (κ2) is 5.83. The van der Waals surface area contributed by atoms with Crippen molar-refractivity contribution in [1.82, 2.24) is 9.96 Å². The molecular weight excluding hydrogens is 260 g/mol. The number of nitrogens with zero attached hydrogens (tertiary/aromatic N) is 2. The first-order valence-corrected chi connectivity index (χ1v) is 6.62. The Morgan fingerprint density at radius 1 is 1.45 bits per heavy atom. The molecule has 0 saturated carbocycles. The van der Waals surface area contributed by atoms with Crippen LogP contribution in [0.25, 0.3) is 0 Å². The molecule has 0 aromatic rings. The summed E-state index contributed by atoms with van der Waals surface area (Å²) >= 11 is 0. The normalized spacial score (nSPS) is 21.9. The van der Waals surface area contributed by atoms with Gasteiger partial charge in [0.25, 0.3) is 5.91 Å². The maximum atomic E-state index is 12.5. The van der Waals surface area contributed by atoms with E-state index >= 15 is 0 Å². The third kappa shape index (κ3) is 3.12. The third-order valence-corrected chi connectivity index (χ3v) is 3.32. The summed E-state index contributed by atoms with van der Waals surface area (Å²) in [7, 11) is 2.94. The highest BCUT2D eigenvalue weighted by Gasteiger charge is 2.55. The van der Waals surface area contributed by atoms with Crippen molar-refractivity contribution >= 4 is 12.0 Å². The number of ether oxygens (including phenoxy) is 1. The summed E-state index contributed by atoms with van der Waals surface area (Å²) in [5.41, 5.74) is -1.53. The Bertz CT molecular complexity index is 402. The summed E-state index contributed by atoms with van der Waals surface area (Å²) in [4.78, 5) is 31.1. The minimum atomic E-state index is -0.936. The Morgan fingerprint density at radius 2 is 2.05 bits per heavy atom. The summed E-state index contributed by atoms with van der Waals surface area (Å²) in [6.07, 6.45) is 2.10. The van der Waals surface area contributed by atoms with Crippen molar-refractivity contribution in [1.29, 1.82) is 0 Å². The molecule has 6 heteroatoms. The zero-order valence-corrected chi connectivity index (χ0v) is 12.9. The zero-order chi connectivity index (χ0) is 15.6. The van der Waals surface area contributed by atoms with Gasteiger partial charge < -0.3 is 4.74 Å². The molecule has 0 spiro atoms. The fourth-order valence-corrected chi connectivity index (χ4v) is 2.21. The zero-order valence-electron chi connectivity index (χ0n) is 12.9. The highest BCUT2D eigenvalue weighted by atomic mass is 16.7. The van der Waals surface area contributed by atoms with Crippen LogP contribution in [0.1, 0.15) is 33.6 Å². The molecule has 1 atom stereocenters. The van der Waals surface area contributed by atoms with Crippen LogP contribution in [0.15, 0.2) is 12.7 Å². The first kappa shape index (κ1) is 16.5. The van der Waals surface area contributed by atoms with Gasteiger partial charge in [-0.2, -0.15) is 0 Å². The maximum Gasteiger partial charge on any atom is 0.411 e. The predicted octanol–water partition coefficient (Wildman–Crippen LogP) is 1.96. The second-order valence-corrected chi connectivity index (χ2v) is 5.89. The summed E-state index contributed by atoms with van der Waals surface area (Å²) in [6, 6.07) is 0. The fourth-order valence-electron chi connectivity index (χ4n) is 2.21. The van der Waals surface area contributed by atoms with E-state index in [1.54, 1.807) is 26.8 Å². The average Bonchev–Trinajstić information content (AvgIpc) is 2.30. The number of rotatable bonds is 4. The standard InChI is InChI=1S/C14H24N2O4/c1-7-8-14(11(17)15(5)19-6)9-10-16(14)12(18)20-13(2,3)4/h7H,1,8-10H2,2-6H3. The van der Waals surface area contributed by atoms with Crippen LogP contribution in [-0.4, -0.2) is 53.8 Å². The number of carbonyl (C=O) groups is 2. The quantitative estimate of drug-likeness (QED) is 0.585. The summed E-state index contributed by atoms with van der Waals surface area (Å²) in [5, 5.41) is 1.14. The lowest BCUT2D eigenvalue weighted by Crippen LogP contribution is -2.69. The number of hydrogen-bond acceptors (Lipinski definition) is 4. The molecule has 1 aliphatic rings. The first-order valence-electron chi connectivity index (χ1n) is 6.62. The molecule has 114 valence electrons. The van der Waals surface area contributed by atoms with Gasteiger partial charge >= 0.3 is 6.09 Å². The molecule has 2 amide bonds. The van der Waals surface area contributed by atoms with Crippen LogP contribution in [-0.2, 0) is 14.4 Å². The molecule has 0 aromatic heterocycles. The first-order chi connectivity index (χ1) is 9.18. The summed E-state index contributed by atoms with van der Waals surface area (Å²) in [6.45, 7) is 9.55. The fraction of sp³-hybridized carbons (Fsp3) is 0.714. The monoisotopic (exact) mass is 284 g/mol. The summed E-state index contributed by atoms with van der Waals surface area (Å²) in [5.74, 6) is -0.267. The lowest BCUT2D eigenvalue weighted by molar-refractivity contribution is -0.189. The van der Waals surface area contributed by atoms with Crippen molar-refractivity contribution in [2.24, 2.45) is 0 Å². The average molecular weight is 284 g/mol. The van der Waals surface area contributed by atoms with E-state index in [-0.39, 0.29) is 5.91 Å². The van der Waals surface area contributed by atoms with Crippen molar-refractivity contribution in [2.75, 3.05) is 20.7 Å². The number of hydroxylamine groups is 2. The van der Waals surface area contributed by atoms with E-state index < -0.39 is 17.2 Å². The van der Waals surface area contributed by atoms with E-state index in [2.05, 4.69) is 6.58 Å². The predicted molar refractivity (Wildman–Crippen MR) is 74.9 cm³/mol. The van der Waals surface area contributed by atoms with Crippen LogP contribution < -0.4 is 0 Å². The third-order valence-electron chi connectivity index (χ3n) is 3.32. The van der Waals surface area contributed by atoms with E-state index in [0.29, 0.717) is 19.4 Å². The van der Waals surface area contributed by atoms with E-state index in [4.69, 9.17) is 9.57 Å². The minimum Gasteiger partial charge on any atom is -0.444 e. The topological polar surface area (TPSA) is 59.1 Å². The number of hydrogen-bond donors (Lipinski definition) is 0. The molecule has 20 heavy (non-hydrogen) atoms. The SMILES string of the molecule is C=CCC1(C(=O)N(C)OC)CCN1C(=O)OC(C)(C)C.